The van der Waals surface area contributed by atoms with E-state index in [-0.39, 0.29) is 5.57 Å². The third-order valence-corrected chi connectivity index (χ3v) is 4.23. The number of rotatable bonds is 8. The van der Waals surface area contributed by atoms with Gasteiger partial charge in [0.1, 0.15) is 28.1 Å². The maximum Gasteiger partial charge on any atom is 0.268 e. The monoisotopic (exact) mass is 372 g/mol. The van der Waals surface area contributed by atoms with E-state index in [1.54, 1.807) is 18.2 Å². The number of carbonyl (C=O) groups is 1. The number of nitriles is 1. The van der Waals surface area contributed by atoms with Gasteiger partial charge < -0.3 is 9.47 Å². The smallest absolute Gasteiger partial charge is 0.268 e. The van der Waals surface area contributed by atoms with Crippen molar-refractivity contribution < 1.29 is 14.3 Å². The van der Waals surface area contributed by atoms with Crippen LogP contribution in [0.2, 0.25) is 0 Å². The Hall–Kier alpha value is -2.92. The number of aryl methyl sites for hydroxylation is 1. The Morgan fingerprint density at radius 2 is 2.04 bits per heavy atom. The third kappa shape index (κ3) is 5.04. The van der Waals surface area contributed by atoms with Crippen LogP contribution in [0.4, 0.5) is 5.13 Å². The Balaban J connectivity index is 2.29. The molecule has 26 heavy (non-hydrogen) atoms. The Bertz CT molecular complexity index is 839. The molecule has 2 rings (SSSR count). The third-order valence-electron chi connectivity index (χ3n) is 3.25. The van der Waals surface area contributed by atoms with Gasteiger partial charge in [-0.2, -0.15) is 5.26 Å². The zero-order valence-electron chi connectivity index (χ0n) is 14.9. The summed E-state index contributed by atoms with van der Waals surface area (Å²) in [6, 6.07) is 7.20. The normalized spacial score (nSPS) is 10.9. The number of hydrogen-bond acceptors (Lipinski definition) is 7. The lowest BCUT2D eigenvalue weighted by atomic mass is 10.1. The summed E-state index contributed by atoms with van der Waals surface area (Å²) in [5.74, 6) is 0.660. The quantitative estimate of drug-likeness (QED) is 0.563. The van der Waals surface area contributed by atoms with E-state index in [1.165, 1.54) is 17.4 Å². The van der Waals surface area contributed by atoms with Crippen LogP contribution in [0.1, 0.15) is 31.3 Å². The number of hydrogen-bond donors (Lipinski definition) is 1. The first-order valence-electron chi connectivity index (χ1n) is 8.26. The van der Waals surface area contributed by atoms with E-state index in [1.807, 2.05) is 26.8 Å². The minimum absolute atomic E-state index is 0.0622. The molecule has 0 saturated heterocycles. The molecule has 0 aliphatic carbocycles. The minimum Gasteiger partial charge on any atom is -0.494 e. The Morgan fingerprint density at radius 3 is 2.65 bits per heavy atom. The summed E-state index contributed by atoms with van der Waals surface area (Å²) < 4.78 is 11.1. The summed E-state index contributed by atoms with van der Waals surface area (Å²) in [5.41, 5.74) is 0.531. The maximum absolute atomic E-state index is 12.4. The van der Waals surface area contributed by atoms with E-state index in [4.69, 9.17) is 9.47 Å². The SMILES string of the molecule is CCOc1ccc(OCC)c(/C=C(\C#N)C(=O)Nc2nnc(CC)s2)c1. The number of ether oxygens (including phenoxy) is 2. The van der Waals surface area contributed by atoms with Gasteiger partial charge in [-0.15, -0.1) is 10.2 Å². The average molecular weight is 372 g/mol. The van der Waals surface area contributed by atoms with Gasteiger partial charge in [0.2, 0.25) is 5.13 Å². The Labute approximate surface area is 156 Å². The molecule has 0 aliphatic heterocycles. The predicted molar refractivity (Wildman–Crippen MR) is 100 cm³/mol. The summed E-state index contributed by atoms with van der Waals surface area (Å²) in [6.45, 7) is 6.68. The summed E-state index contributed by atoms with van der Waals surface area (Å²) in [7, 11) is 0. The van der Waals surface area contributed by atoms with Gasteiger partial charge in [-0.05, 0) is 44.5 Å². The van der Waals surface area contributed by atoms with Crippen LogP contribution in [0.15, 0.2) is 23.8 Å². The second-order valence-corrected chi connectivity index (χ2v) is 6.11. The standard InChI is InChI=1S/C18H20N4O3S/c1-4-16-21-22-18(26-16)20-17(23)13(11-19)9-12-10-14(24-5-2)7-8-15(12)25-6-3/h7-10H,4-6H2,1-3H3,(H,20,22,23)/b13-9+. The summed E-state index contributed by atoms with van der Waals surface area (Å²) in [5, 5.41) is 21.0. The van der Waals surface area contributed by atoms with Gasteiger partial charge in [0.25, 0.3) is 5.91 Å². The maximum atomic E-state index is 12.4. The number of nitrogens with one attached hydrogen (secondary N) is 1. The van der Waals surface area contributed by atoms with Gasteiger partial charge >= 0.3 is 0 Å². The van der Waals surface area contributed by atoms with Crippen molar-refractivity contribution in [1.29, 1.82) is 5.26 Å². The molecule has 0 fully saturated rings. The fourth-order valence-corrected chi connectivity index (χ4v) is 2.77. The lowest BCUT2D eigenvalue weighted by Gasteiger charge is -2.10. The number of amides is 1. The first-order chi connectivity index (χ1) is 12.6. The number of anilines is 1. The zero-order valence-corrected chi connectivity index (χ0v) is 15.7. The molecule has 0 saturated carbocycles. The summed E-state index contributed by atoms with van der Waals surface area (Å²) >= 11 is 1.28. The summed E-state index contributed by atoms with van der Waals surface area (Å²) in [4.78, 5) is 12.4. The van der Waals surface area contributed by atoms with Crippen LogP contribution >= 0.6 is 11.3 Å². The molecule has 0 radical (unpaired) electrons. The molecule has 1 N–H and O–H groups in total. The van der Waals surface area contributed by atoms with Gasteiger partial charge in [0, 0.05) is 5.56 Å². The van der Waals surface area contributed by atoms with Crippen molar-refractivity contribution in [3.63, 3.8) is 0 Å². The average Bonchev–Trinajstić information content (AvgIpc) is 3.09. The van der Waals surface area contributed by atoms with Crippen molar-refractivity contribution >= 4 is 28.5 Å². The molecule has 0 spiro atoms. The van der Waals surface area contributed by atoms with Crippen LogP contribution < -0.4 is 14.8 Å². The topological polar surface area (TPSA) is 97.1 Å². The first-order valence-corrected chi connectivity index (χ1v) is 9.08. The van der Waals surface area contributed by atoms with E-state index in [0.29, 0.717) is 35.4 Å². The number of carbonyl (C=O) groups excluding carboxylic acids is 1. The first kappa shape index (κ1) is 19.4. The minimum atomic E-state index is -0.546. The molecule has 8 heteroatoms. The number of aromatic nitrogens is 2. The molecule has 0 unspecified atom stereocenters. The van der Waals surface area contributed by atoms with Crippen molar-refractivity contribution in [2.24, 2.45) is 0 Å². The van der Waals surface area contributed by atoms with Crippen LogP contribution in [0, 0.1) is 11.3 Å². The molecule has 136 valence electrons. The molecule has 0 aliphatic rings. The molecule has 1 amide bonds. The largest absolute Gasteiger partial charge is 0.494 e. The molecular formula is C18H20N4O3S. The van der Waals surface area contributed by atoms with E-state index in [9.17, 15) is 10.1 Å². The predicted octanol–water partition coefficient (Wildman–Crippen LogP) is 3.44. The Morgan fingerprint density at radius 1 is 1.27 bits per heavy atom. The van der Waals surface area contributed by atoms with Crippen LogP contribution in [0.25, 0.3) is 6.08 Å². The van der Waals surface area contributed by atoms with Crippen molar-refractivity contribution in [2.75, 3.05) is 18.5 Å². The molecule has 2 aromatic rings. The van der Waals surface area contributed by atoms with E-state index < -0.39 is 5.91 Å². The molecule has 0 atom stereocenters. The fourth-order valence-electron chi connectivity index (χ4n) is 2.10. The second kappa shape index (κ2) is 9.53. The lowest BCUT2D eigenvalue weighted by molar-refractivity contribution is -0.112. The van der Waals surface area contributed by atoms with Crippen molar-refractivity contribution in [3.05, 3.63) is 34.3 Å². The van der Waals surface area contributed by atoms with Gasteiger partial charge in [-0.3, -0.25) is 10.1 Å². The van der Waals surface area contributed by atoms with Crippen LogP contribution in [-0.2, 0) is 11.2 Å². The van der Waals surface area contributed by atoms with Gasteiger partial charge in [-0.1, -0.05) is 18.3 Å². The van der Waals surface area contributed by atoms with Crippen molar-refractivity contribution in [3.8, 4) is 17.6 Å². The van der Waals surface area contributed by atoms with Crippen LogP contribution in [-0.4, -0.2) is 29.3 Å². The van der Waals surface area contributed by atoms with Crippen LogP contribution in [0.3, 0.4) is 0 Å². The summed E-state index contributed by atoms with van der Waals surface area (Å²) in [6.07, 6.45) is 2.21. The number of nitrogens with zero attached hydrogens (tertiary/aromatic N) is 3. The lowest BCUT2D eigenvalue weighted by Crippen LogP contribution is -2.13. The van der Waals surface area contributed by atoms with E-state index in [0.717, 1.165) is 11.4 Å². The van der Waals surface area contributed by atoms with E-state index in [2.05, 4.69) is 15.5 Å². The number of benzene rings is 1. The highest BCUT2D eigenvalue weighted by Gasteiger charge is 2.14. The van der Waals surface area contributed by atoms with Gasteiger partial charge in [0.05, 0.1) is 13.2 Å². The zero-order chi connectivity index (χ0) is 18.9. The molecule has 1 aromatic heterocycles. The molecule has 0 bridgehead atoms. The molecule has 1 heterocycles. The fraction of sp³-hybridized carbons (Fsp3) is 0.333. The van der Waals surface area contributed by atoms with Crippen molar-refractivity contribution in [1.82, 2.24) is 10.2 Å². The van der Waals surface area contributed by atoms with Crippen LogP contribution in [0.5, 0.6) is 11.5 Å². The molecule has 7 nitrogen and oxygen atoms in total. The highest BCUT2D eigenvalue weighted by molar-refractivity contribution is 7.15. The van der Waals surface area contributed by atoms with Gasteiger partial charge in [0.15, 0.2) is 0 Å². The highest BCUT2D eigenvalue weighted by atomic mass is 32.1. The van der Waals surface area contributed by atoms with E-state index >= 15 is 0 Å². The molecule has 1 aromatic carbocycles. The van der Waals surface area contributed by atoms with Crippen molar-refractivity contribution in [2.45, 2.75) is 27.2 Å². The second-order valence-electron chi connectivity index (χ2n) is 5.04. The highest BCUT2D eigenvalue weighted by Crippen LogP contribution is 2.27. The molecular weight excluding hydrogens is 352 g/mol. The van der Waals surface area contributed by atoms with Gasteiger partial charge in [-0.25, -0.2) is 0 Å². The Kier molecular flexibility index (Phi) is 7.12.